The summed E-state index contributed by atoms with van der Waals surface area (Å²) in [7, 11) is 3.24. The first-order valence-electron chi connectivity index (χ1n) is 10.8. The fourth-order valence-electron chi connectivity index (χ4n) is 3.95. The molecule has 0 spiro atoms. The Morgan fingerprint density at radius 3 is 2.19 bits per heavy atom. The molecule has 32 heavy (non-hydrogen) atoms. The molecule has 0 bridgehead atoms. The van der Waals surface area contributed by atoms with E-state index in [-0.39, 0.29) is 11.8 Å². The van der Waals surface area contributed by atoms with Crippen LogP contribution < -0.4 is 9.47 Å². The zero-order valence-electron chi connectivity index (χ0n) is 19.3. The van der Waals surface area contributed by atoms with E-state index in [0.29, 0.717) is 42.2 Å². The summed E-state index contributed by atoms with van der Waals surface area (Å²) in [6.07, 6.45) is 0.390. The van der Waals surface area contributed by atoms with Crippen LogP contribution in [0.15, 0.2) is 42.5 Å². The minimum Gasteiger partial charge on any atom is -0.493 e. The Kier molecular flexibility index (Phi) is 7.18. The van der Waals surface area contributed by atoms with Gasteiger partial charge in [-0.3, -0.25) is 19.3 Å². The number of carbonyl (C=O) groups excluding carboxylic acids is 3. The molecule has 7 nitrogen and oxygen atoms in total. The Labute approximate surface area is 188 Å². The van der Waals surface area contributed by atoms with Crippen LogP contribution in [0.3, 0.4) is 0 Å². The van der Waals surface area contributed by atoms with Crippen molar-refractivity contribution < 1.29 is 23.9 Å². The molecule has 0 radical (unpaired) electrons. The highest BCUT2D eigenvalue weighted by molar-refractivity contribution is 6.22. The Morgan fingerprint density at radius 1 is 1.03 bits per heavy atom. The zero-order valence-corrected chi connectivity index (χ0v) is 19.3. The highest BCUT2D eigenvalue weighted by atomic mass is 16.5. The molecule has 1 aliphatic rings. The molecule has 1 atom stereocenters. The number of fused-ring (bicyclic) bond motifs is 1. The molecule has 0 saturated heterocycles. The van der Waals surface area contributed by atoms with Crippen LogP contribution in [0.1, 0.15) is 53.5 Å². The molecule has 170 valence electrons. The molecule has 1 aliphatic heterocycles. The summed E-state index contributed by atoms with van der Waals surface area (Å²) in [5.74, 6) is 0.232. The molecule has 0 unspecified atom stereocenters. The smallest absolute Gasteiger partial charge is 0.262 e. The maximum Gasteiger partial charge on any atom is 0.262 e. The second-order valence-electron chi connectivity index (χ2n) is 8.28. The maximum atomic E-state index is 13.5. The van der Waals surface area contributed by atoms with Crippen LogP contribution >= 0.6 is 0 Å². The van der Waals surface area contributed by atoms with Crippen molar-refractivity contribution in [1.29, 1.82) is 0 Å². The van der Waals surface area contributed by atoms with Crippen molar-refractivity contribution >= 4 is 17.7 Å². The van der Waals surface area contributed by atoms with Gasteiger partial charge in [0, 0.05) is 13.6 Å². The number of nitrogens with zero attached hydrogens (tertiary/aromatic N) is 2. The molecule has 2 aromatic rings. The topological polar surface area (TPSA) is 76.2 Å². The second-order valence-corrected chi connectivity index (χ2v) is 8.28. The minimum absolute atomic E-state index is 0.118. The number of benzene rings is 2. The lowest BCUT2D eigenvalue weighted by Gasteiger charge is -2.30. The van der Waals surface area contributed by atoms with Gasteiger partial charge in [0.15, 0.2) is 11.5 Å². The van der Waals surface area contributed by atoms with Gasteiger partial charge in [-0.15, -0.1) is 0 Å². The van der Waals surface area contributed by atoms with Crippen molar-refractivity contribution in [3.8, 4) is 11.5 Å². The van der Waals surface area contributed by atoms with Gasteiger partial charge in [-0.1, -0.05) is 32.0 Å². The van der Waals surface area contributed by atoms with Crippen molar-refractivity contribution in [2.45, 2.75) is 39.8 Å². The van der Waals surface area contributed by atoms with Crippen LogP contribution in [0, 0.1) is 5.92 Å². The average Bonchev–Trinajstić information content (AvgIpc) is 3.03. The van der Waals surface area contributed by atoms with Gasteiger partial charge in [-0.2, -0.15) is 0 Å². The number of hydrogen-bond acceptors (Lipinski definition) is 5. The number of imide groups is 1. The molecule has 0 N–H and O–H groups in total. The molecule has 1 heterocycles. The van der Waals surface area contributed by atoms with E-state index >= 15 is 0 Å². The Bertz CT molecular complexity index is 982. The minimum atomic E-state index is -0.864. The highest BCUT2D eigenvalue weighted by Gasteiger charge is 2.43. The first-order chi connectivity index (χ1) is 15.3. The van der Waals surface area contributed by atoms with E-state index in [1.54, 1.807) is 43.3 Å². The number of amides is 3. The first-order valence-corrected chi connectivity index (χ1v) is 10.8. The molecular weight excluding hydrogens is 408 g/mol. The second kappa shape index (κ2) is 9.85. The highest BCUT2D eigenvalue weighted by Crippen LogP contribution is 2.30. The molecule has 3 amide bonds. The van der Waals surface area contributed by atoms with Gasteiger partial charge in [0.25, 0.3) is 11.8 Å². The monoisotopic (exact) mass is 438 g/mol. The molecule has 0 aliphatic carbocycles. The normalized spacial score (nSPS) is 13.9. The first kappa shape index (κ1) is 23.3. The molecule has 7 heteroatoms. The van der Waals surface area contributed by atoms with Crippen LogP contribution in [-0.4, -0.2) is 54.3 Å². The largest absolute Gasteiger partial charge is 0.493 e. The third-order valence-electron chi connectivity index (χ3n) is 5.44. The molecular formula is C25H30N2O5. The zero-order chi connectivity index (χ0) is 23.4. The number of rotatable bonds is 9. The van der Waals surface area contributed by atoms with Gasteiger partial charge in [-0.05, 0) is 49.1 Å². The van der Waals surface area contributed by atoms with Crippen molar-refractivity contribution in [3.63, 3.8) is 0 Å². The van der Waals surface area contributed by atoms with Crippen molar-refractivity contribution in [3.05, 3.63) is 59.2 Å². The molecule has 3 rings (SSSR count). The molecule has 0 saturated carbocycles. The van der Waals surface area contributed by atoms with Gasteiger partial charge >= 0.3 is 0 Å². The Balaban J connectivity index is 1.84. The summed E-state index contributed by atoms with van der Waals surface area (Å²) < 4.78 is 11.0. The van der Waals surface area contributed by atoms with Crippen molar-refractivity contribution in [2.24, 2.45) is 5.92 Å². The lowest BCUT2D eigenvalue weighted by atomic mass is 10.0. The average molecular weight is 439 g/mol. The lowest BCUT2D eigenvalue weighted by Crippen LogP contribution is -2.50. The van der Waals surface area contributed by atoms with E-state index in [1.807, 2.05) is 39.0 Å². The van der Waals surface area contributed by atoms with Gasteiger partial charge in [0.2, 0.25) is 5.91 Å². The third-order valence-corrected chi connectivity index (χ3v) is 5.44. The van der Waals surface area contributed by atoms with E-state index in [9.17, 15) is 14.4 Å². The fraction of sp³-hybridized carbons (Fsp3) is 0.400. The number of ether oxygens (including phenoxy) is 2. The maximum absolute atomic E-state index is 13.5. The summed E-state index contributed by atoms with van der Waals surface area (Å²) in [5.41, 5.74) is 1.54. The van der Waals surface area contributed by atoms with Crippen LogP contribution in [0.5, 0.6) is 11.5 Å². The van der Waals surface area contributed by atoms with Crippen LogP contribution in [0.4, 0.5) is 0 Å². The number of hydrogen-bond donors (Lipinski definition) is 0. The summed E-state index contributed by atoms with van der Waals surface area (Å²) in [6.45, 7) is 6.66. The number of methoxy groups -OCH3 is 1. The third kappa shape index (κ3) is 4.61. The van der Waals surface area contributed by atoms with E-state index in [2.05, 4.69) is 0 Å². The van der Waals surface area contributed by atoms with Crippen LogP contribution in [0.25, 0.3) is 0 Å². The SMILES string of the molecule is CCOc1ccc(CN(C)C(=O)[C@H](CC(C)C)N2C(=O)c3ccccc3C2=O)cc1OC. The fourth-order valence-corrected chi connectivity index (χ4v) is 3.95. The number of carbonyl (C=O) groups is 3. The predicted octanol–water partition coefficient (Wildman–Crippen LogP) is 3.76. The van der Waals surface area contributed by atoms with E-state index in [4.69, 9.17) is 9.47 Å². The van der Waals surface area contributed by atoms with Crippen LogP contribution in [-0.2, 0) is 11.3 Å². The quantitative estimate of drug-likeness (QED) is 0.557. The van der Waals surface area contributed by atoms with Gasteiger partial charge in [0.05, 0.1) is 24.8 Å². The van der Waals surface area contributed by atoms with Crippen molar-refractivity contribution in [1.82, 2.24) is 9.80 Å². The molecule has 2 aromatic carbocycles. The molecule has 0 aromatic heterocycles. The summed E-state index contributed by atoms with van der Waals surface area (Å²) in [5, 5.41) is 0. The van der Waals surface area contributed by atoms with Crippen LogP contribution in [0.2, 0.25) is 0 Å². The predicted molar refractivity (Wildman–Crippen MR) is 121 cm³/mol. The van der Waals surface area contributed by atoms with E-state index in [0.717, 1.165) is 10.5 Å². The summed E-state index contributed by atoms with van der Waals surface area (Å²) >= 11 is 0. The van der Waals surface area contributed by atoms with Gasteiger partial charge in [0.1, 0.15) is 6.04 Å². The number of likely N-dealkylation sites (N-methyl/N-ethyl adjacent to an activating group) is 1. The molecule has 0 fully saturated rings. The lowest BCUT2D eigenvalue weighted by molar-refractivity contribution is -0.135. The Hall–Kier alpha value is -3.35. The summed E-state index contributed by atoms with van der Waals surface area (Å²) in [6, 6.07) is 11.3. The summed E-state index contributed by atoms with van der Waals surface area (Å²) in [4.78, 5) is 42.1. The van der Waals surface area contributed by atoms with Crippen molar-refractivity contribution in [2.75, 3.05) is 20.8 Å². The van der Waals surface area contributed by atoms with Gasteiger partial charge in [-0.25, -0.2) is 0 Å². The van der Waals surface area contributed by atoms with E-state index < -0.39 is 17.9 Å². The van der Waals surface area contributed by atoms with Gasteiger partial charge < -0.3 is 14.4 Å². The standard InChI is InChI=1S/C25H30N2O5/c1-6-32-21-12-11-17(14-22(21)31-5)15-26(4)25(30)20(13-16(2)3)27-23(28)18-9-7-8-10-19(18)24(27)29/h7-12,14,16,20H,6,13,15H2,1-5H3/t20-/m0/s1. The Morgan fingerprint density at radius 2 is 1.66 bits per heavy atom. The van der Waals surface area contributed by atoms with E-state index in [1.165, 1.54) is 0 Å².